The topological polar surface area (TPSA) is 146 Å². The second-order valence-corrected chi connectivity index (χ2v) is 10.7. The summed E-state index contributed by atoms with van der Waals surface area (Å²) >= 11 is 0. The molecule has 208 valence electrons. The number of nitrogens with one attached hydrogen (secondary N) is 1. The monoisotopic (exact) mass is 567 g/mol. The van der Waals surface area contributed by atoms with Crippen molar-refractivity contribution in [1.82, 2.24) is 5.43 Å². The molecule has 4 aliphatic rings. The van der Waals surface area contributed by atoms with Crippen LogP contribution in [0.4, 0.5) is 11.4 Å². The summed E-state index contributed by atoms with van der Waals surface area (Å²) in [5.74, 6) is -3.60. The van der Waals surface area contributed by atoms with Crippen molar-refractivity contribution in [2.75, 3.05) is 4.90 Å². The van der Waals surface area contributed by atoms with Gasteiger partial charge in [-0.1, -0.05) is 66.7 Å². The predicted octanol–water partition coefficient (Wildman–Crippen LogP) is 4.43. The van der Waals surface area contributed by atoms with Crippen molar-refractivity contribution in [2.45, 2.75) is 11.3 Å². The molecule has 1 saturated heterocycles. The van der Waals surface area contributed by atoms with Crippen molar-refractivity contribution >= 4 is 35.3 Å². The molecule has 0 spiro atoms. The Morgan fingerprint density at radius 2 is 1.58 bits per heavy atom. The number of carbonyl (C=O) groups is 3. The fourth-order valence-electron chi connectivity index (χ4n) is 7.07. The molecule has 43 heavy (non-hydrogen) atoms. The number of anilines is 1. The number of hydrazone groups is 1. The molecule has 1 fully saturated rings. The van der Waals surface area contributed by atoms with Crippen LogP contribution in [0, 0.1) is 33.3 Å². The third kappa shape index (κ3) is 3.58. The number of rotatable bonds is 5. The van der Waals surface area contributed by atoms with E-state index in [2.05, 4.69) is 16.6 Å². The van der Waals surface area contributed by atoms with E-state index in [-0.39, 0.29) is 22.5 Å². The minimum Gasteiger partial charge on any atom is -0.274 e. The summed E-state index contributed by atoms with van der Waals surface area (Å²) in [4.78, 5) is 53.4. The van der Waals surface area contributed by atoms with Crippen LogP contribution in [0.25, 0.3) is 0 Å². The van der Waals surface area contributed by atoms with Crippen LogP contribution in [-0.2, 0) is 15.0 Å². The Balaban J connectivity index is 1.39. The summed E-state index contributed by atoms with van der Waals surface area (Å²) in [5, 5.41) is 25.3. The van der Waals surface area contributed by atoms with Crippen LogP contribution >= 0.6 is 0 Å². The fraction of sp³-hybridized carbons (Fsp3) is 0.121. The third-order valence-electron chi connectivity index (χ3n) is 8.70. The van der Waals surface area contributed by atoms with Gasteiger partial charge in [-0.2, -0.15) is 10.4 Å². The van der Waals surface area contributed by atoms with Crippen LogP contribution in [0.3, 0.4) is 0 Å². The number of amides is 3. The van der Waals surface area contributed by atoms with Crippen LogP contribution < -0.4 is 10.3 Å². The maximum atomic E-state index is 14.4. The third-order valence-corrected chi connectivity index (χ3v) is 8.70. The molecule has 10 nitrogen and oxygen atoms in total. The Morgan fingerprint density at radius 1 is 0.930 bits per heavy atom. The molecule has 4 aromatic carbocycles. The summed E-state index contributed by atoms with van der Waals surface area (Å²) in [7, 11) is 0. The van der Waals surface area contributed by atoms with Crippen molar-refractivity contribution in [1.29, 1.82) is 5.26 Å². The molecular formula is C33H21N5O5. The molecule has 0 aromatic heterocycles. The van der Waals surface area contributed by atoms with Gasteiger partial charge in [0, 0.05) is 29.8 Å². The number of benzene rings is 4. The molecule has 3 aliphatic carbocycles. The molecule has 1 heterocycles. The standard InChI is InChI=1S/C33H21N5O5/c34-17-20-8-1-6-15-26(20)37-31(40)28-27-22-11-2-4-13-24(22)33(29(28)32(37)41,25-14-5-3-12-23(25)27)18-35-36-30(39)19-9-7-10-21(16-19)38(42)43/h1-16,18,27-29H,(H,36,39)/b35-18-/t27?,28-,29+,33?/m0/s1. The van der Waals surface area contributed by atoms with Crippen LogP contribution in [0.1, 0.15) is 44.1 Å². The highest BCUT2D eigenvalue weighted by Crippen LogP contribution is 2.63. The average molecular weight is 568 g/mol. The lowest BCUT2D eigenvalue weighted by Crippen LogP contribution is -2.54. The lowest BCUT2D eigenvalue weighted by atomic mass is 9.47. The van der Waals surface area contributed by atoms with Crippen LogP contribution in [-0.4, -0.2) is 28.9 Å². The molecule has 2 atom stereocenters. The first-order chi connectivity index (χ1) is 20.9. The first-order valence-electron chi connectivity index (χ1n) is 13.5. The molecule has 2 bridgehead atoms. The van der Waals surface area contributed by atoms with Gasteiger partial charge in [0.25, 0.3) is 11.6 Å². The maximum Gasteiger partial charge on any atom is 0.271 e. The number of carbonyl (C=O) groups excluding carboxylic acids is 3. The highest BCUT2D eigenvalue weighted by molar-refractivity contribution is 6.25. The first kappa shape index (κ1) is 26.0. The van der Waals surface area contributed by atoms with Crippen molar-refractivity contribution < 1.29 is 19.3 Å². The second kappa shape index (κ2) is 9.56. The molecule has 0 saturated carbocycles. The van der Waals surface area contributed by atoms with Gasteiger partial charge in [-0.3, -0.25) is 24.5 Å². The van der Waals surface area contributed by atoms with E-state index in [0.29, 0.717) is 0 Å². The zero-order valence-corrected chi connectivity index (χ0v) is 22.4. The molecule has 4 aromatic rings. The SMILES string of the molecule is N#Cc1ccccc1N1C(=O)[C@H]2C3c4ccccc4C(/C=N\NC(=O)c4cccc([N+](=O)[O-])c4)(c4ccccc43)[C@H]2C1=O. The van der Waals surface area contributed by atoms with Gasteiger partial charge in [-0.15, -0.1) is 0 Å². The van der Waals surface area contributed by atoms with E-state index in [1.54, 1.807) is 24.3 Å². The summed E-state index contributed by atoms with van der Waals surface area (Å²) in [6, 6.07) is 29.1. The molecule has 10 heteroatoms. The number of non-ortho nitro benzene ring substituents is 1. The Kier molecular flexibility index (Phi) is 5.78. The van der Waals surface area contributed by atoms with E-state index < -0.39 is 45.8 Å². The Morgan fingerprint density at radius 3 is 2.26 bits per heavy atom. The number of hydrogen-bond donors (Lipinski definition) is 1. The van der Waals surface area contributed by atoms with Gasteiger partial charge in [-0.25, -0.2) is 10.3 Å². The molecule has 1 N–H and O–H groups in total. The molecule has 0 unspecified atom stereocenters. The number of nitriles is 1. The lowest BCUT2D eigenvalue weighted by molar-refractivity contribution is -0.384. The average Bonchev–Trinajstić information content (AvgIpc) is 3.31. The van der Waals surface area contributed by atoms with Gasteiger partial charge < -0.3 is 0 Å². The molecule has 3 amide bonds. The molecule has 8 rings (SSSR count). The Hall–Kier alpha value is -5.95. The maximum absolute atomic E-state index is 14.4. The molecular weight excluding hydrogens is 546 g/mol. The highest BCUT2D eigenvalue weighted by Gasteiger charge is 2.68. The van der Waals surface area contributed by atoms with E-state index in [9.17, 15) is 29.8 Å². The van der Waals surface area contributed by atoms with Gasteiger partial charge in [0.15, 0.2) is 0 Å². The van der Waals surface area contributed by atoms with E-state index >= 15 is 0 Å². The zero-order chi connectivity index (χ0) is 29.9. The fourth-order valence-corrected chi connectivity index (χ4v) is 7.07. The summed E-state index contributed by atoms with van der Waals surface area (Å²) < 4.78 is 0. The minimum absolute atomic E-state index is 0.0429. The van der Waals surface area contributed by atoms with E-state index in [4.69, 9.17) is 0 Å². The van der Waals surface area contributed by atoms with Gasteiger partial charge in [-0.05, 0) is 40.5 Å². The highest BCUT2D eigenvalue weighted by atomic mass is 16.6. The van der Waals surface area contributed by atoms with Gasteiger partial charge in [0.1, 0.15) is 6.07 Å². The largest absolute Gasteiger partial charge is 0.274 e. The van der Waals surface area contributed by atoms with Gasteiger partial charge >= 0.3 is 0 Å². The minimum atomic E-state index is -1.23. The number of hydrogen-bond acceptors (Lipinski definition) is 7. The summed E-state index contributed by atoms with van der Waals surface area (Å²) in [5.41, 5.74) is 4.85. The van der Waals surface area contributed by atoms with Crippen LogP contribution in [0.15, 0.2) is 102 Å². The zero-order valence-electron chi connectivity index (χ0n) is 22.4. The predicted molar refractivity (Wildman–Crippen MR) is 155 cm³/mol. The number of nitro benzene ring substituents is 1. The molecule has 1 aliphatic heterocycles. The quantitative estimate of drug-likeness (QED) is 0.163. The second-order valence-electron chi connectivity index (χ2n) is 10.7. The van der Waals surface area contributed by atoms with E-state index in [0.717, 1.165) is 33.2 Å². The van der Waals surface area contributed by atoms with E-state index in [1.807, 2.05) is 48.5 Å². The van der Waals surface area contributed by atoms with Crippen molar-refractivity contribution in [3.8, 4) is 6.07 Å². The number of para-hydroxylation sites is 1. The Labute approximate surface area is 245 Å². The van der Waals surface area contributed by atoms with Crippen molar-refractivity contribution in [3.05, 3.63) is 141 Å². The molecule has 0 radical (unpaired) electrons. The van der Waals surface area contributed by atoms with Gasteiger partial charge in [0.05, 0.1) is 33.4 Å². The summed E-state index contributed by atoms with van der Waals surface area (Å²) in [6.45, 7) is 0. The van der Waals surface area contributed by atoms with Crippen LogP contribution in [0.2, 0.25) is 0 Å². The first-order valence-corrected chi connectivity index (χ1v) is 13.5. The lowest BCUT2D eigenvalue weighted by Gasteiger charge is -2.52. The van der Waals surface area contributed by atoms with Crippen LogP contribution in [0.5, 0.6) is 0 Å². The number of nitrogens with zero attached hydrogens (tertiary/aromatic N) is 4. The summed E-state index contributed by atoms with van der Waals surface area (Å²) in [6.07, 6.45) is 1.51. The van der Waals surface area contributed by atoms with Crippen molar-refractivity contribution in [3.63, 3.8) is 0 Å². The van der Waals surface area contributed by atoms with Gasteiger partial charge in [0.2, 0.25) is 11.8 Å². The smallest absolute Gasteiger partial charge is 0.271 e. The van der Waals surface area contributed by atoms with Crippen molar-refractivity contribution in [2.24, 2.45) is 16.9 Å². The number of nitro groups is 1. The normalized spacial score (nSPS) is 23.0. The number of imide groups is 1. The van der Waals surface area contributed by atoms with E-state index in [1.165, 1.54) is 24.4 Å². The Bertz CT molecular complexity index is 1910.